The maximum Gasteiger partial charge on any atom is 0.254 e. The summed E-state index contributed by atoms with van der Waals surface area (Å²) in [6.45, 7) is 2.85. The average molecular weight is 445 g/mol. The van der Waals surface area contributed by atoms with E-state index in [1.807, 2.05) is 49.4 Å². The maximum atomic E-state index is 13.1. The smallest absolute Gasteiger partial charge is 0.254 e. The van der Waals surface area contributed by atoms with Crippen LogP contribution in [0.3, 0.4) is 0 Å². The summed E-state index contributed by atoms with van der Waals surface area (Å²) in [6.07, 6.45) is -0.514. The third-order valence-electron chi connectivity index (χ3n) is 5.76. The lowest BCUT2D eigenvalue weighted by Gasteiger charge is -2.24. The quantitative estimate of drug-likeness (QED) is 0.583. The zero-order valence-electron chi connectivity index (χ0n) is 18.6. The molecule has 1 saturated heterocycles. The Morgan fingerprint density at radius 3 is 2.45 bits per heavy atom. The first-order valence-corrected chi connectivity index (χ1v) is 11.2. The first kappa shape index (κ1) is 22.6. The van der Waals surface area contributed by atoms with Crippen molar-refractivity contribution in [2.75, 3.05) is 13.2 Å². The standard InChI is InChI=1S/C27H28N2O4/c1-2-33-24-10-6-9-22(15-24)27(32)29-18-23(30)16-25(29)26(31)28-17-19-11-13-21(14-12-19)20-7-4-3-5-8-20/h3-15,23,25,30H,2,16-18H2,1H3,(H,28,31)/t23-,25+/m1/s1. The van der Waals surface area contributed by atoms with Crippen molar-refractivity contribution in [3.63, 3.8) is 0 Å². The van der Waals surface area contributed by atoms with Crippen LogP contribution in [0, 0.1) is 0 Å². The van der Waals surface area contributed by atoms with Gasteiger partial charge in [-0.25, -0.2) is 0 Å². The molecule has 3 aromatic rings. The third-order valence-corrected chi connectivity index (χ3v) is 5.76. The minimum Gasteiger partial charge on any atom is -0.494 e. The van der Waals surface area contributed by atoms with Gasteiger partial charge in [-0.2, -0.15) is 0 Å². The third kappa shape index (κ3) is 5.41. The van der Waals surface area contributed by atoms with Gasteiger partial charge in [0.25, 0.3) is 5.91 Å². The normalized spacial score (nSPS) is 17.6. The van der Waals surface area contributed by atoms with Crippen molar-refractivity contribution in [3.05, 3.63) is 90.0 Å². The summed E-state index contributed by atoms with van der Waals surface area (Å²) in [7, 11) is 0. The molecule has 0 aliphatic carbocycles. The van der Waals surface area contributed by atoms with Crippen LogP contribution < -0.4 is 10.1 Å². The molecule has 0 aromatic heterocycles. The number of ether oxygens (including phenoxy) is 1. The Balaban J connectivity index is 1.40. The van der Waals surface area contributed by atoms with Crippen LogP contribution >= 0.6 is 0 Å². The Morgan fingerprint density at radius 1 is 1.00 bits per heavy atom. The lowest BCUT2D eigenvalue weighted by molar-refractivity contribution is -0.125. The Bertz CT molecular complexity index is 1100. The van der Waals surface area contributed by atoms with E-state index in [1.165, 1.54) is 4.90 Å². The zero-order chi connectivity index (χ0) is 23.2. The SMILES string of the molecule is CCOc1cccc(C(=O)N2C[C@H](O)C[C@H]2C(=O)NCc2ccc(-c3ccccc3)cc2)c1. The number of nitrogens with one attached hydrogen (secondary N) is 1. The summed E-state index contributed by atoms with van der Waals surface area (Å²) in [4.78, 5) is 27.5. The molecule has 3 aromatic carbocycles. The van der Waals surface area contributed by atoms with E-state index in [4.69, 9.17) is 4.74 Å². The summed E-state index contributed by atoms with van der Waals surface area (Å²) >= 11 is 0. The number of benzene rings is 3. The van der Waals surface area contributed by atoms with Gasteiger partial charge in [0.15, 0.2) is 0 Å². The average Bonchev–Trinajstić information content (AvgIpc) is 3.25. The number of amides is 2. The number of likely N-dealkylation sites (tertiary alicyclic amines) is 1. The topological polar surface area (TPSA) is 78.9 Å². The molecule has 0 spiro atoms. The van der Waals surface area contributed by atoms with E-state index in [-0.39, 0.29) is 24.8 Å². The molecule has 0 bridgehead atoms. The van der Waals surface area contributed by atoms with E-state index in [1.54, 1.807) is 24.3 Å². The van der Waals surface area contributed by atoms with Gasteiger partial charge >= 0.3 is 0 Å². The number of β-amino-alcohol motifs (C(OH)–C–C–N with tert-alkyl or cyclic N) is 1. The largest absolute Gasteiger partial charge is 0.494 e. The van der Waals surface area contributed by atoms with Crippen molar-refractivity contribution in [1.82, 2.24) is 10.2 Å². The molecule has 4 rings (SSSR count). The highest BCUT2D eigenvalue weighted by atomic mass is 16.5. The van der Waals surface area contributed by atoms with Gasteiger partial charge in [-0.1, -0.05) is 60.7 Å². The second-order valence-electron chi connectivity index (χ2n) is 8.10. The molecule has 2 N–H and O–H groups in total. The number of rotatable bonds is 7. The van der Waals surface area contributed by atoms with Gasteiger partial charge in [-0.3, -0.25) is 9.59 Å². The number of aliphatic hydroxyl groups is 1. The lowest BCUT2D eigenvalue weighted by Crippen LogP contribution is -2.45. The predicted octanol–water partition coefficient (Wildman–Crippen LogP) is 3.64. The number of carbonyl (C=O) groups excluding carboxylic acids is 2. The molecule has 170 valence electrons. The number of aliphatic hydroxyl groups excluding tert-OH is 1. The van der Waals surface area contributed by atoms with E-state index in [2.05, 4.69) is 17.4 Å². The van der Waals surface area contributed by atoms with Crippen LogP contribution in [0.4, 0.5) is 0 Å². The highest BCUT2D eigenvalue weighted by Crippen LogP contribution is 2.23. The van der Waals surface area contributed by atoms with Crippen molar-refractivity contribution >= 4 is 11.8 Å². The number of carbonyl (C=O) groups is 2. The highest BCUT2D eigenvalue weighted by Gasteiger charge is 2.39. The molecular formula is C27H28N2O4. The molecule has 0 unspecified atom stereocenters. The summed E-state index contributed by atoms with van der Waals surface area (Å²) in [5, 5.41) is 13.1. The number of hydrogen-bond acceptors (Lipinski definition) is 4. The Hall–Kier alpha value is -3.64. The van der Waals surface area contributed by atoms with E-state index < -0.39 is 12.1 Å². The Labute approximate surface area is 193 Å². The number of hydrogen-bond donors (Lipinski definition) is 2. The zero-order valence-corrected chi connectivity index (χ0v) is 18.6. The first-order valence-electron chi connectivity index (χ1n) is 11.2. The maximum absolute atomic E-state index is 13.1. The van der Waals surface area contributed by atoms with Gasteiger partial charge < -0.3 is 20.1 Å². The molecule has 2 atom stereocenters. The second kappa shape index (κ2) is 10.3. The van der Waals surface area contributed by atoms with Gasteiger partial charge in [-0.05, 0) is 41.8 Å². The summed E-state index contributed by atoms with van der Waals surface area (Å²) in [5.41, 5.74) is 3.64. The lowest BCUT2D eigenvalue weighted by atomic mass is 10.0. The van der Waals surface area contributed by atoms with Gasteiger partial charge in [0.2, 0.25) is 5.91 Å². The minimum absolute atomic E-state index is 0.127. The number of nitrogens with zero attached hydrogens (tertiary/aromatic N) is 1. The molecule has 1 fully saturated rings. The van der Waals surface area contributed by atoms with Crippen molar-refractivity contribution < 1.29 is 19.4 Å². The van der Waals surface area contributed by atoms with Crippen LogP contribution in [0.1, 0.15) is 29.3 Å². The Morgan fingerprint density at radius 2 is 1.73 bits per heavy atom. The van der Waals surface area contributed by atoms with Crippen LogP contribution in [-0.2, 0) is 11.3 Å². The summed E-state index contributed by atoms with van der Waals surface area (Å²) in [5.74, 6) is 0.0384. The van der Waals surface area contributed by atoms with Crippen molar-refractivity contribution in [3.8, 4) is 16.9 Å². The molecule has 0 radical (unpaired) electrons. The van der Waals surface area contributed by atoms with E-state index in [9.17, 15) is 14.7 Å². The molecule has 1 aliphatic heterocycles. The summed E-state index contributed by atoms with van der Waals surface area (Å²) < 4.78 is 5.48. The fourth-order valence-corrected chi connectivity index (χ4v) is 4.09. The van der Waals surface area contributed by atoms with E-state index >= 15 is 0 Å². The monoisotopic (exact) mass is 444 g/mol. The fourth-order valence-electron chi connectivity index (χ4n) is 4.09. The van der Waals surface area contributed by atoms with Crippen molar-refractivity contribution in [1.29, 1.82) is 0 Å². The summed E-state index contributed by atoms with van der Waals surface area (Å²) in [6, 6.07) is 24.3. The van der Waals surface area contributed by atoms with Crippen LogP contribution in [0.15, 0.2) is 78.9 Å². The Kier molecular flexibility index (Phi) is 7.05. The molecule has 1 aliphatic rings. The molecule has 33 heavy (non-hydrogen) atoms. The van der Waals surface area contributed by atoms with Crippen LogP contribution in [0.25, 0.3) is 11.1 Å². The molecular weight excluding hydrogens is 416 g/mol. The molecule has 6 heteroatoms. The van der Waals surface area contributed by atoms with Crippen LogP contribution in [0.2, 0.25) is 0 Å². The van der Waals surface area contributed by atoms with E-state index in [0.29, 0.717) is 24.5 Å². The molecule has 2 amide bonds. The van der Waals surface area contributed by atoms with E-state index in [0.717, 1.165) is 16.7 Å². The highest BCUT2D eigenvalue weighted by molar-refractivity contribution is 5.98. The fraction of sp³-hybridized carbons (Fsp3) is 0.259. The van der Waals surface area contributed by atoms with Gasteiger partial charge in [0.1, 0.15) is 11.8 Å². The van der Waals surface area contributed by atoms with Crippen LogP contribution in [-0.4, -0.2) is 47.1 Å². The second-order valence-corrected chi connectivity index (χ2v) is 8.10. The van der Waals surface area contributed by atoms with Gasteiger partial charge in [-0.15, -0.1) is 0 Å². The van der Waals surface area contributed by atoms with Gasteiger partial charge in [0.05, 0.1) is 12.7 Å². The van der Waals surface area contributed by atoms with Crippen molar-refractivity contribution in [2.45, 2.75) is 32.0 Å². The predicted molar refractivity (Wildman–Crippen MR) is 127 cm³/mol. The van der Waals surface area contributed by atoms with Gasteiger partial charge in [0, 0.05) is 25.1 Å². The minimum atomic E-state index is -0.732. The van der Waals surface area contributed by atoms with Crippen molar-refractivity contribution in [2.24, 2.45) is 0 Å². The molecule has 0 saturated carbocycles. The van der Waals surface area contributed by atoms with Crippen LogP contribution in [0.5, 0.6) is 5.75 Å². The first-order chi connectivity index (χ1) is 16.0. The molecule has 1 heterocycles. The molecule has 6 nitrogen and oxygen atoms in total.